The molecule has 0 aliphatic rings. The Hall–Kier alpha value is -2.63. The van der Waals surface area contributed by atoms with Crippen LogP contribution in [-0.2, 0) is 7.05 Å². The van der Waals surface area contributed by atoms with Crippen molar-refractivity contribution in [1.29, 1.82) is 0 Å². The normalized spacial score (nSPS) is 10.6. The van der Waals surface area contributed by atoms with Crippen molar-refractivity contribution in [3.8, 4) is 5.75 Å². The maximum absolute atomic E-state index is 5.30. The molecule has 96 valence electrons. The molecule has 0 aliphatic carbocycles. The summed E-state index contributed by atoms with van der Waals surface area (Å²) in [6.07, 6.45) is 5.34. The molecule has 19 heavy (non-hydrogen) atoms. The molecule has 3 rings (SSSR count). The van der Waals surface area contributed by atoms with E-state index in [4.69, 9.17) is 4.74 Å². The Morgan fingerprint density at radius 1 is 1.26 bits per heavy atom. The number of hydrogen-bond acceptors (Lipinski definition) is 5. The summed E-state index contributed by atoms with van der Waals surface area (Å²) in [5, 5.41) is 8.13. The number of anilines is 2. The standard InChI is InChI=1S/C13H13N5O/c1-18-8-10(7-15-18)16-13-14-6-9-4-3-5-11(19-2)12(9)17-13/h3-8H,1-2H3,(H,14,16,17). The third-order valence-corrected chi connectivity index (χ3v) is 2.75. The van der Waals surface area contributed by atoms with Crippen LogP contribution in [0.25, 0.3) is 10.9 Å². The number of para-hydroxylation sites is 1. The van der Waals surface area contributed by atoms with Crippen molar-refractivity contribution in [3.05, 3.63) is 36.8 Å². The minimum Gasteiger partial charge on any atom is -0.494 e. The maximum atomic E-state index is 5.30. The Bertz CT molecular complexity index is 722. The number of hydrogen-bond donors (Lipinski definition) is 1. The Morgan fingerprint density at radius 3 is 2.89 bits per heavy atom. The minimum atomic E-state index is 0.519. The molecule has 0 atom stereocenters. The van der Waals surface area contributed by atoms with Gasteiger partial charge in [-0.15, -0.1) is 0 Å². The first-order valence-corrected chi connectivity index (χ1v) is 5.82. The van der Waals surface area contributed by atoms with Crippen molar-refractivity contribution in [2.45, 2.75) is 0 Å². The fraction of sp³-hybridized carbons (Fsp3) is 0.154. The lowest BCUT2D eigenvalue weighted by molar-refractivity contribution is 0.419. The molecule has 1 aromatic carbocycles. The van der Waals surface area contributed by atoms with Gasteiger partial charge in [0, 0.05) is 24.8 Å². The first-order valence-electron chi connectivity index (χ1n) is 5.82. The molecule has 6 nitrogen and oxygen atoms in total. The summed E-state index contributed by atoms with van der Waals surface area (Å²) >= 11 is 0. The van der Waals surface area contributed by atoms with Gasteiger partial charge in [-0.05, 0) is 6.07 Å². The molecule has 0 unspecified atom stereocenters. The smallest absolute Gasteiger partial charge is 0.227 e. The topological polar surface area (TPSA) is 64.9 Å². The van der Waals surface area contributed by atoms with E-state index in [1.807, 2.05) is 31.4 Å². The zero-order valence-electron chi connectivity index (χ0n) is 10.7. The van der Waals surface area contributed by atoms with Gasteiger partial charge in [-0.3, -0.25) is 4.68 Å². The number of ether oxygens (including phenoxy) is 1. The predicted molar refractivity (Wildman–Crippen MR) is 72.6 cm³/mol. The van der Waals surface area contributed by atoms with Crippen LogP contribution in [0.3, 0.4) is 0 Å². The van der Waals surface area contributed by atoms with Crippen LogP contribution >= 0.6 is 0 Å². The second kappa shape index (κ2) is 4.56. The number of fused-ring (bicyclic) bond motifs is 1. The van der Waals surface area contributed by atoms with Crippen molar-refractivity contribution in [2.24, 2.45) is 7.05 Å². The van der Waals surface area contributed by atoms with Crippen LogP contribution in [0.15, 0.2) is 36.8 Å². The fourth-order valence-electron chi connectivity index (χ4n) is 1.87. The van der Waals surface area contributed by atoms with E-state index >= 15 is 0 Å². The van der Waals surface area contributed by atoms with Gasteiger partial charge in [0.05, 0.1) is 19.0 Å². The first kappa shape index (κ1) is 11.5. The van der Waals surface area contributed by atoms with E-state index in [-0.39, 0.29) is 0 Å². The summed E-state index contributed by atoms with van der Waals surface area (Å²) in [5.74, 6) is 1.25. The highest BCUT2D eigenvalue weighted by atomic mass is 16.5. The number of rotatable bonds is 3. The molecule has 0 bridgehead atoms. The van der Waals surface area contributed by atoms with E-state index in [0.29, 0.717) is 5.95 Å². The van der Waals surface area contributed by atoms with Crippen LogP contribution in [0.2, 0.25) is 0 Å². The Labute approximate surface area is 110 Å². The van der Waals surface area contributed by atoms with Crippen LogP contribution < -0.4 is 10.1 Å². The molecule has 1 N–H and O–H groups in total. The maximum Gasteiger partial charge on any atom is 0.227 e. The molecule has 0 fully saturated rings. The SMILES string of the molecule is COc1cccc2cnc(Nc3cnn(C)c3)nc12. The van der Waals surface area contributed by atoms with Crippen LogP contribution in [0, 0.1) is 0 Å². The lowest BCUT2D eigenvalue weighted by atomic mass is 10.2. The molecule has 0 radical (unpaired) electrons. The summed E-state index contributed by atoms with van der Waals surface area (Å²) in [7, 11) is 3.49. The third kappa shape index (κ3) is 2.20. The molecule has 0 saturated carbocycles. The summed E-state index contributed by atoms with van der Waals surface area (Å²) in [6, 6.07) is 5.74. The van der Waals surface area contributed by atoms with Gasteiger partial charge >= 0.3 is 0 Å². The minimum absolute atomic E-state index is 0.519. The highest BCUT2D eigenvalue weighted by Gasteiger charge is 2.06. The van der Waals surface area contributed by atoms with E-state index in [1.54, 1.807) is 24.2 Å². The number of nitrogens with zero attached hydrogens (tertiary/aromatic N) is 4. The van der Waals surface area contributed by atoms with Gasteiger partial charge in [-0.2, -0.15) is 5.10 Å². The third-order valence-electron chi connectivity index (χ3n) is 2.75. The number of benzene rings is 1. The van der Waals surface area contributed by atoms with Gasteiger partial charge < -0.3 is 10.1 Å². The molecule has 0 saturated heterocycles. The number of methoxy groups -OCH3 is 1. The number of nitrogens with one attached hydrogen (secondary N) is 1. The molecule has 6 heteroatoms. The van der Waals surface area contributed by atoms with E-state index in [0.717, 1.165) is 22.3 Å². The van der Waals surface area contributed by atoms with Gasteiger partial charge in [0.2, 0.25) is 5.95 Å². The fourth-order valence-corrected chi connectivity index (χ4v) is 1.87. The highest BCUT2D eigenvalue weighted by molar-refractivity contribution is 5.84. The van der Waals surface area contributed by atoms with Crippen molar-refractivity contribution < 1.29 is 4.74 Å². The van der Waals surface area contributed by atoms with Crippen LogP contribution in [0.5, 0.6) is 5.75 Å². The van der Waals surface area contributed by atoms with Crippen molar-refractivity contribution in [3.63, 3.8) is 0 Å². The Kier molecular flexibility index (Phi) is 2.75. The van der Waals surface area contributed by atoms with Gasteiger partial charge in [0.15, 0.2) is 0 Å². The van der Waals surface area contributed by atoms with Gasteiger partial charge in [-0.1, -0.05) is 12.1 Å². The Morgan fingerprint density at radius 2 is 2.16 bits per heavy atom. The number of aromatic nitrogens is 4. The van der Waals surface area contributed by atoms with Crippen LogP contribution in [-0.4, -0.2) is 26.9 Å². The van der Waals surface area contributed by atoms with Crippen molar-refractivity contribution in [2.75, 3.05) is 12.4 Å². The first-order chi connectivity index (χ1) is 9.26. The molecule has 3 aromatic rings. The molecular weight excluding hydrogens is 242 g/mol. The lowest BCUT2D eigenvalue weighted by Gasteiger charge is -2.06. The molecule has 0 aliphatic heterocycles. The summed E-state index contributed by atoms with van der Waals surface area (Å²) in [4.78, 5) is 8.74. The van der Waals surface area contributed by atoms with Gasteiger partial charge in [0.25, 0.3) is 0 Å². The van der Waals surface area contributed by atoms with Crippen LogP contribution in [0.1, 0.15) is 0 Å². The zero-order chi connectivity index (χ0) is 13.2. The van der Waals surface area contributed by atoms with E-state index in [9.17, 15) is 0 Å². The quantitative estimate of drug-likeness (QED) is 0.776. The van der Waals surface area contributed by atoms with Crippen LogP contribution in [0.4, 0.5) is 11.6 Å². The molecule has 0 spiro atoms. The van der Waals surface area contributed by atoms with Gasteiger partial charge in [-0.25, -0.2) is 9.97 Å². The zero-order valence-corrected chi connectivity index (χ0v) is 10.7. The highest BCUT2D eigenvalue weighted by Crippen LogP contribution is 2.24. The van der Waals surface area contributed by atoms with E-state index in [2.05, 4.69) is 20.4 Å². The average molecular weight is 255 g/mol. The van der Waals surface area contributed by atoms with Crippen molar-refractivity contribution in [1.82, 2.24) is 19.7 Å². The average Bonchev–Trinajstić information content (AvgIpc) is 2.83. The Balaban J connectivity index is 2.01. The van der Waals surface area contributed by atoms with Gasteiger partial charge in [0.1, 0.15) is 11.3 Å². The largest absolute Gasteiger partial charge is 0.494 e. The molecule has 0 amide bonds. The predicted octanol–water partition coefficient (Wildman–Crippen LogP) is 2.12. The monoisotopic (exact) mass is 255 g/mol. The summed E-state index contributed by atoms with van der Waals surface area (Å²) in [5.41, 5.74) is 1.63. The summed E-state index contributed by atoms with van der Waals surface area (Å²) in [6.45, 7) is 0. The van der Waals surface area contributed by atoms with Crippen molar-refractivity contribution >= 4 is 22.5 Å². The molecule has 2 aromatic heterocycles. The molecule has 2 heterocycles. The second-order valence-electron chi connectivity index (χ2n) is 4.12. The molecular formula is C13H13N5O. The van der Waals surface area contributed by atoms with E-state index in [1.165, 1.54) is 0 Å². The lowest BCUT2D eigenvalue weighted by Crippen LogP contribution is -1.97. The summed E-state index contributed by atoms with van der Waals surface area (Å²) < 4.78 is 7.01. The van der Waals surface area contributed by atoms with E-state index < -0.39 is 0 Å². The second-order valence-corrected chi connectivity index (χ2v) is 4.12. The number of aryl methyl sites for hydroxylation is 1.